The molecule has 0 fully saturated rings. The maximum atomic E-state index is 5.72. The molecule has 0 aliphatic rings. The van der Waals surface area contributed by atoms with Crippen LogP contribution < -0.4 is 10.3 Å². The van der Waals surface area contributed by atoms with Gasteiger partial charge in [0.1, 0.15) is 6.54 Å². The second kappa shape index (κ2) is 3.19. The van der Waals surface area contributed by atoms with Crippen LogP contribution in [0.2, 0.25) is 0 Å². The lowest BCUT2D eigenvalue weighted by atomic mass is 10.3. The van der Waals surface area contributed by atoms with Gasteiger partial charge in [-0.3, -0.25) is 5.73 Å². The van der Waals surface area contributed by atoms with Crippen LogP contribution in [0, 0.1) is 6.92 Å². The molecule has 58 valence electrons. The molecule has 11 heavy (non-hydrogen) atoms. The van der Waals surface area contributed by atoms with Crippen LogP contribution in [0.25, 0.3) is 0 Å². The topological polar surface area (TPSA) is 29.9 Å². The van der Waals surface area contributed by atoms with E-state index in [2.05, 4.69) is 6.58 Å². The van der Waals surface area contributed by atoms with Crippen molar-refractivity contribution in [2.75, 3.05) is 5.73 Å². The number of nitrogens with zero attached hydrogens (tertiary/aromatic N) is 1. The summed E-state index contributed by atoms with van der Waals surface area (Å²) in [5.74, 6) is 0.782. The molecule has 2 nitrogen and oxygen atoms in total. The lowest BCUT2D eigenvalue weighted by Crippen LogP contribution is -2.35. The van der Waals surface area contributed by atoms with Crippen molar-refractivity contribution in [3.05, 3.63) is 36.5 Å². The smallest absolute Gasteiger partial charge is 0.272 e. The van der Waals surface area contributed by atoms with Gasteiger partial charge in [0.25, 0.3) is 5.82 Å². The Balaban J connectivity index is 2.98. The molecule has 0 aliphatic heterocycles. The van der Waals surface area contributed by atoms with E-state index in [0.29, 0.717) is 0 Å². The summed E-state index contributed by atoms with van der Waals surface area (Å²) >= 11 is 0. The van der Waals surface area contributed by atoms with Crippen molar-refractivity contribution in [1.82, 2.24) is 0 Å². The van der Waals surface area contributed by atoms with Gasteiger partial charge in [-0.25, -0.2) is 4.57 Å². The van der Waals surface area contributed by atoms with E-state index in [-0.39, 0.29) is 0 Å². The Morgan fingerprint density at radius 3 is 3.00 bits per heavy atom. The predicted octanol–water partition coefficient (Wildman–Crippen LogP) is 1.05. The first-order chi connectivity index (χ1) is 5.24. The van der Waals surface area contributed by atoms with Crippen molar-refractivity contribution in [2.24, 2.45) is 0 Å². The molecule has 0 amide bonds. The fourth-order valence-corrected chi connectivity index (χ4v) is 0.963. The monoisotopic (exact) mass is 149 g/mol. The van der Waals surface area contributed by atoms with Crippen LogP contribution in [0.4, 0.5) is 5.82 Å². The number of aromatic nitrogens is 1. The van der Waals surface area contributed by atoms with Crippen molar-refractivity contribution >= 4 is 5.82 Å². The Labute approximate surface area is 67.0 Å². The van der Waals surface area contributed by atoms with Crippen LogP contribution in [0.3, 0.4) is 0 Å². The molecule has 1 aromatic rings. The van der Waals surface area contributed by atoms with Gasteiger partial charge in [-0.2, -0.15) is 0 Å². The third-order valence-corrected chi connectivity index (χ3v) is 1.55. The third kappa shape index (κ3) is 1.80. The maximum Gasteiger partial charge on any atom is 0.272 e. The summed E-state index contributed by atoms with van der Waals surface area (Å²) in [6, 6.07) is 3.98. The van der Waals surface area contributed by atoms with Gasteiger partial charge in [0.2, 0.25) is 0 Å². The Morgan fingerprint density at radius 1 is 1.73 bits per heavy atom. The highest BCUT2D eigenvalue weighted by Gasteiger charge is 2.00. The van der Waals surface area contributed by atoms with Gasteiger partial charge in [0.15, 0.2) is 0 Å². The number of nitrogens with two attached hydrogens (primary N) is 1. The molecule has 0 saturated carbocycles. The molecular formula is C9H13N2+. The molecule has 2 N–H and O–H groups in total. The minimum absolute atomic E-state index is 0.770. The fraction of sp³-hybridized carbons (Fsp3) is 0.222. The van der Waals surface area contributed by atoms with Gasteiger partial charge in [0, 0.05) is 6.07 Å². The van der Waals surface area contributed by atoms with Crippen LogP contribution in [-0.2, 0) is 6.54 Å². The lowest BCUT2D eigenvalue weighted by Gasteiger charge is -1.99. The maximum absolute atomic E-state index is 5.72. The van der Waals surface area contributed by atoms with Crippen LogP contribution in [0.5, 0.6) is 0 Å². The Hall–Kier alpha value is -1.31. The Bertz CT molecular complexity index is 266. The number of hydrogen-bond acceptors (Lipinski definition) is 1. The van der Waals surface area contributed by atoms with E-state index >= 15 is 0 Å². The van der Waals surface area contributed by atoms with Crippen molar-refractivity contribution in [3.63, 3.8) is 0 Å². The number of anilines is 1. The van der Waals surface area contributed by atoms with Crippen molar-refractivity contribution in [3.8, 4) is 0 Å². The average molecular weight is 149 g/mol. The first-order valence-electron chi connectivity index (χ1n) is 3.60. The summed E-state index contributed by atoms with van der Waals surface area (Å²) in [6.45, 7) is 6.44. The van der Waals surface area contributed by atoms with Crippen LogP contribution in [0.1, 0.15) is 5.56 Å². The zero-order valence-electron chi connectivity index (χ0n) is 6.75. The van der Waals surface area contributed by atoms with Crippen molar-refractivity contribution in [1.29, 1.82) is 0 Å². The van der Waals surface area contributed by atoms with E-state index in [1.165, 1.54) is 5.56 Å². The van der Waals surface area contributed by atoms with E-state index < -0.39 is 0 Å². The summed E-state index contributed by atoms with van der Waals surface area (Å²) in [5.41, 5.74) is 6.91. The van der Waals surface area contributed by atoms with Gasteiger partial charge < -0.3 is 0 Å². The minimum Gasteiger partial charge on any atom is -0.287 e. The largest absolute Gasteiger partial charge is 0.287 e. The first-order valence-corrected chi connectivity index (χ1v) is 3.60. The fourth-order valence-electron chi connectivity index (χ4n) is 0.963. The highest BCUT2D eigenvalue weighted by molar-refractivity contribution is 5.25. The molecule has 1 rings (SSSR count). The number of pyridine rings is 1. The molecule has 1 aromatic heterocycles. The molecule has 2 heteroatoms. The number of nitrogen functional groups attached to an aromatic ring is 1. The van der Waals surface area contributed by atoms with E-state index in [4.69, 9.17) is 5.73 Å². The number of allylic oxidation sites excluding steroid dienone is 1. The second-order valence-electron chi connectivity index (χ2n) is 2.57. The molecule has 0 radical (unpaired) electrons. The van der Waals surface area contributed by atoms with Gasteiger partial charge in [-0.1, -0.05) is 12.7 Å². The van der Waals surface area contributed by atoms with E-state index in [1.807, 2.05) is 35.9 Å². The number of rotatable bonds is 2. The van der Waals surface area contributed by atoms with Gasteiger partial charge in [-0.15, -0.1) is 0 Å². The summed E-state index contributed by atoms with van der Waals surface area (Å²) in [4.78, 5) is 0. The second-order valence-corrected chi connectivity index (χ2v) is 2.57. The number of hydrogen-bond donors (Lipinski definition) is 1. The van der Waals surface area contributed by atoms with Crippen molar-refractivity contribution < 1.29 is 4.57 Å². The zero-order chi connectivity index (χ0) is 8.27. The van der Waals surface area contributed by atoms with Gasteiger partial charge in [0.05, 0.1) is 6.20 Å². The Kier molecular flexibility index (Phi) is 2.26. The standard InChI is InChI=1S/C9H12N2/c1-3-5-11-6-4-8(2)7-9(11)10/h3-4,6-7,10H,1,5H2,2H3/p+1. The first kappa shape index (κ1) is 7.79. The molecule has 0 aromatic carbocycles. The molecule has 0 atom stereocenters. The highest BCUT2D eigenvalue weighted by Crippen LogP contribution is 1.98. The molecule has 1 heterocycles. The predicted molar refractivity (Wildman–Crippen MR) is 46.0 cm³/mol. The average Bonchev–Trinajstić information content (AvgIpc) is 1.95. The van der Waals surface area contributed by atoms with Crippen molar-refractivity contribution in [2.45, 2.75) is 13.5 Å². The molecule has 0 unspecified atom stereocenters. The molecule has 0 saturated heterocycles. The van der Waals surface area contributed by atoms with Crippen LogP contribution in [-0.4, -0.2) is 0 Å². The summed E-state index contributed by atoms with van der Waals surface area (Å²) < 4.78 is 1.94. The van der Waals surface area contributed by atoms with Gasteiger partial charge >= 0.3 is 0 Å². The quantitative estimate of drug-likeness (QED) is 0.494. The number of aryl methyl sites for hydroxylation is 1. The highest BCUT2D eigenvalue weighted by atomic mass is 15.0. The normalized spacial score (nSPS) is 9.55. The lowest BCUT2D eigenvalue weighted by molar-refractivity contribution is -0.672. The molecule has 0 bridgehead atoms. The van der Waals surface area contributed by atoms with Crippen LogP contribution >= 0.6 is 0 Å². The summed E-state index contributed by atoms with van der Waals surface area (Å²) in [6.07, 6.45) is 3.79. The molecular weight excluding hydrogens is 136 g/mol. The third-order valence-electron chi connectivity index (χ3n) is 1.55. The van der Waals surface area contributed by atoms with Crippen LogP contribution in [0.15, 0.2) is 31.0 Å². The van der Waals surface area contributed by atoms with E-state index in [1.54, 1.807) is 0 Å². The SMILES string of the molecule is C=CC[n+]1ccc(C)cc1N. The molecule has 0 spiro atoms. The summed E-state index contributed by atoms with van der Waals surface area (Å²) in [7, 11) is 0. The van der Waals surface area contributed by atoms with E-state index in [9.17, 15) is 0 Å². The molecule has 0 aliphatic carbocycles. The summed E-state index contributed by atoms with van der Waals surface area (Å²) in [5, 5.41) is 0. The van der Waals surface area contributed by atoms with E-state index in [0.717, 1.165) is 12.4 Å². The van der Waals surface area contributed by atoms with Gasteiger partial charge in [-0.05, 0) is 18.6 Å². The minimum atomic E-state index is 0.770. The zero-order valence-corrected chi connectivity index (χ0v) is 6.75. The Morgan fingerprint density at radius 2 is 2.45 bits per heavy atom.